The van der Waals surface area contributed by atoms with Crippen molar-refractivity contribution in [1.82, 2.24) is 25.1 Å². The molecule has 1 aliphatic heterocycles. The molecule has 0 radical (unpaired) electrons. The lowest BCUT2D eigenvalue weighted by molar-refractivity contribution is -0.126. The summed E-state index contributed by atoms with van der Waals surface area (Å²) in [5, 5.41) is 12.8. The summed E-state index contributed by atoms with van der Waals surface area (Å²) < 4.78 is 1.80. The van der Waals surface area contributed by atoms with Crippen LogP contribution >= 0.6 is 11.8 Å². The van der Waals surface area contributed by atoms with Gasteiger partial charge in [-0.2, -0.15) is 5.10 Å². The van der Waals surface area contributed by atoms with Crippen LogP contribution in [0.3, 0.4) is 0 Å². The number of nitrogens with zero attached hydrogens (tertiary/aromatic N) is 5. The monoisotopic (exact) mass is 495 g/mol. The van der Waals surface area contributed by atoms with Crippen LogP contribution in [0.1, 0.15) is 39.7 Å². The molecule has 0 saturated carbocycles. The van der Waals surface area contributed by atoms with Crippen LogP contribution in [0, 0.1) is 12.8 Å². The van der Waals surface area contributed by atoms with E-state index in [1.807, 2.05) is 31.2 Å². The zero-order valence-electron chi connectivity index (χ0n) is 20.9. The molecule has 1 unspecified atom stereocenters. The molecule has 1 saturated heterocycles. The van der Waals surface area contributed by atoms with Crippen molar-refractivity contribution >= 4 is 46.1 Å². The fourth-order valence-corrected chi connectivity index (χ4v) is 4.74. The first-order valence-corrected chi connectivity index (χ1v) is 12.9. The van der Waals surface area contributed by atoms with Gasteiger partial charge in [-0.1, -0.05) is 43.3 Å². The predicted molar refractivity (Wildman–Crippen MR) is 140 cm³/mol. The minimum atomic E-state index is -0.364. The summed E-state index contributed by atoms with van der Waals surface area (Å²) in [6.07, 6.45) is 1.98. The van der Waals surface area contributed by atoms with Crippen molar-refractivity contribution in [3.05, 3.63) is 36.0 Å². The Kier molecular flexibility index (Phi) is 7.59. The lowest BCUT2D eigenvalue weighted by atomic mass is 10.1. The smallest absolute Gasteiger partial charge is 0.227 e. The van der Waals surface area contributed by atoms with Crippen molar-refractivity contribution in [1.29, 1.82) is 0 Å². The van der Waals surface area contributed by atoms with Gasteiger partial charge in [-0.3, -0.25) is 9.59 Å². The summed E-state index contributed by atoms with van der Waals surface area (Å²) in [6.45, 7) is 11.6. The van der Waals surface area contributed by atoms with Crippen LogP contribution in [0.25, 0.3) is 11.0 Å². The van der Waals surface area contributed by atoms with Crippen LogP contribution in [0.4, 0.5) is 11.5 Å². The van der Waals surface area contributed by atoms with Crippen LogP contribution in [-0.4, -0.2) is 55.9 Å². The Bertz CT molecular complexity index is 1210. The van der Waals surface area contributed by atoms with Crippen LogP contribution < -0.4 is 15.5 Å². The number of rotatable bonds is 9. The van der Waals surface area contributed by atoms with E-state index in [2.05, 4.69) is 48.4 Å². The third-order valence-corrected chi connectivity index (χ3v) is 6.57. The van der Waals surface area contributed by atoms with E-state index in [0.717, 1.165) is 28.1 Å². The molecule has 1 fully saturated rings. The highest BCUT2D eigenvalue weighted by Crippen LogP contribution is 2.27. The number of aryl methyl sites for hydroxylation is 1. The molecule has 35 heavy (non-hydrogen) atoms. The van der Waals surface area contributed by atoms with Gasteiger partial charge in [-0.05, 0) is 32.9 Å². The average Bonchev–Trinajstić information content (AvgIpc) is 3.37. The third kappa shape index (κ3) is 5.93. The van der Waals surface area contributed by atoms with E-state index < -0.39 is 0 Å². The van der Waals surface area contributed by atoms with E-state index in [0.29, 0.717) is 30.0 Å². The number of fused-ring (bicyclic) bond motifs is 1. The summed E-state index contributed by atoms with van der Waals surface area (Å²) in [5.41, 5.74) is 2.70. The predicted octanol–water partition coefficient (Wildman–Crippen LogP) is 3.62. The van der Waals surface area contributed by atoms with Crippen molar-refractivity contribution in [2.45, 2.75) is 64.0 Å². The Morgan fingerprint density at radius 3 is 2.60 bits per heavy atom. The second-order valence-electron chi connectivity index (χ2n) is 9.46. The number of amides is 2. The number of aromatic nitrogens is 4. The highest BCUT2D eigenvalue weighted by atomic mass is 32.2. The molecule has 3 aromatic rings. The van der Waals surface area contributed by atoms with Gasteiger partial charge in [0.2, 0.25) is 11.8 Å². The Balaban J connectivity index is 1.41. The van der Waals surface area contributed by atoms with Crippen molar-refractivity contribution < 1.29 is 9.59 Å². The first-order chi connectivity index (χ1) is 16.7. The summed E-state index contributed by atoms with van der Waals surface area (Å²) in [4.78, 5) is 36.4. The maximum absolute atomic E-state index is 12.8. The Hall–Kier alpha value is -3.14. The largest absolute Gasteiger partial charge is 0.367 e. The zero-order chi connectivity index (χ0) is 25.1. The minimum Gasteiger partial charge on any atom is -0.367 e. The third-order valence-electron chi connectivity index (χ3n) is 5.71. The van der Waals surface area contributed by atoms with E-state index in [4.69, 9.17) is 4.98 Å². The lowest BCUT2D eigenvalue weighted by Crippen LogP contribution is -2.35. The molecular weight excluding hydrogens is 462 g/mol. The van der Waals surface area contributed by atoms with Gasteiger partial charge in [0.05, 0.1) is 24.0 Å². The van der Waals surface area contributed by atoms with Crippen LogP contribution in [0.2, 0.25) is 0 Å². The molecule has 9 nitrogen and oxygen atoms in total. The number of carbonyl (C=O) groups is 2. The average molecular weight is 496 g/mol. The SMILES string of the molecule is Cc1ccc(N2CC(C(=O)NCCn3ncc4c(NC(C)C)nc(SC(C)C)nc43)CC2=O)cc1. The number of hydrogen-bond donors (Lipinski definition) is 2. The minimum absolute atomic E-state index is 0.0239. The number of nitrogens with one attached hydrogen (secondary N) is 2. The molecule has 3 heterocycles. The first-order valence-electron chi connectivity index (χ1n) is 12.0. The summed E-state index contributed by atoms with van der Waals surface area (Å²) in [5.74, 6) is 0.266. The van der Waals surface area contributed by atoms with Crippen LogP contribution in [0.15, 0.2) is 35.6 Å². The number of carbonyl (C=O) groups excluding carboxylic acids is 2. The van der Waals surface area contributed by atoms with Gasteiger partial charge in [0, 0.05) is 36.5 Å². The second-order valence-corrected chi connectivity index (χ2v) is 11.0. The van der Waals surface area contributed by atoms with E-state index in [1.54, 1.807) is 27.5 Å². The molecule has 10 heteroatoms. The van der Waals surface area contributed by atoms with Gasteiger partial charge in [-0.15, -0.1) is 0 Å². The molecule has 4 rings (SSSR count). The zero-order valence-corrected chi connectivity index (χ0v) is 21.7. The maximum atomic E-state index is 12.8. The van der Waals surface area contributed by atoms with Gasteiger partial charge >= 0.3 is 0 Å². The normalized spacial score (nSPS) is 16.0. The molecular formula is C25H33N7O2S. The van der Waals surface area contributed by atoms with E-state index in [9.17, 15) is 9.59 Å². The first kappa shape index (κ1) is 25.0. The van der Waals surface area contributed by atoms with Gasteiger partial charge in [0.1, 0.15) is 5.82 Å². The van der Waals surface area contributed by atoms with Gasteiger partial charge in [0.15, 0.2) is 10.8 Å². The molecule has 0 aliphatic carbocycles. The van der Waals surface area contributed by atoms with Crippen molar-refractivity contribution in [3.63, 3.8) is 0 Å². The van der Waals surface area contributed by atoms with Gasteiger partial charge in [0.25, 0.3) is 0 Å². The summed E-state index contributed by atoms with van der Waals surface area (Å²) >= 11 is 1.60. The molecule has 0 spiro atoms. The molecule has 1 atom stereocenters. The van der Waals surface area contributed by atoms with E-state index >= 15 is 0 Å². The highest BCUT2D eigenvalue weighted by molar-refractivity contribution is 7.99. The fourth-order valence-electron chi connectivity index (χ4n) is 4.03. The van der Waals surface area contributed by atoms with Crippen LogP contribution in [-0.2, 0) is 16.1 Å². The molecule has 2 N–H and O–H groups in total. The summed E-state index contributed by atoms with van der Waals surface area (Å²) in [7, 11) is 0. The lowest BCUT2D eigenvalue weighted by Gasteiger charge is -2.17. The summed E-state index contributed by atoms with van der Waals surface area (Å²) in [6, 6.07) is 8.02. The molecule has 1 aliphatic rings. The van der Waals surface area contributed by atoms with Crippen molar-refractivity contribution in [3.8, 4) is 0 Å². The standard InChI is InChI=1S/C25H33N7O2S/c1-15(2)28-22-20-13-27-32(23(20)30-25(29-22)35-16(3)4)11-10-26-24(34)18-12-21(33)31(14-18)19-8-6-17(5)7-9-19/h6-9,13,15-16,18H,10-12,14H2,1-5H3,(H,26,34)(H,28,29,30). The maximum Gasteiger partial charge on any atom is 0.227 e. The quantitative estimate of drug-likeness (QED) is 0.345. The van der Waals surface area contributed by atoms with Gasteiger partial charge in [-0.25, -0.2) is 14.6 Å². The number of anilines is 2. The number of benzene rings is 1. The Morgan fingerprint density at radius 2 is 1.91 bits per heavy atom. The molecule has 1 aromatic carbocycles. The Labute approximate surface area is 210 Å². The van der Waals surface area contributed by atoms with E-state index in [1.165, 1.54) is 0 Å². The molecule has 2 amide bonds. The number of thioether (sulfide) groups is 1. The Morgan fingerprint density at radius 1 is 1.17 bits per heavy atom. The second kappa shape index (κ2) is 10.6. The van der Waals surface area contributed by atoms with Crippen molar-refractivity contribution in [2.75, 3.05) is 23.3 Å². The number of hydrogen-bond acceptors (Lipinski definition) is 7. The topological polar surface area (TPSA) is 105 Å². The van der Waals surface area contributed by atoms with Gasteiger partial charge < -0.3 is 15.5 Å². The fraction of sp³-hybridized carbons (Fsp3) is 0.480. The van der Waals surface area contributed by atoms with Crippen LogP contribution in [0.5, 0.6) is 0 Å². The van der Waals surface area contributed by atoms with E-state index in [-0.39, 0.29) is 30.2 Å². The molecule has 2 aromatic heterocycles. The molecule has 0 bridgehead atoms. The molecule has 186 valence electrons. The highest BCUT2D eigenvalue weighted by Gasteiger charge is 2.35. The van der Waals surface area contributed by atoms with Crippen molar-refractivity contribution in [2.24, 2.45) is 5.92 Å².